The van der Waals surface area contributed by atoms with Crippen molar-refractivity contribution in [2.75, 3.05) is 7.11 Å². The summed E-state index contributed by atoms with van der Waals surface area (Å²) in [5, 5.41) is 0. The zero-order chi connectivity index (χ0) is 13.0. The third-order valence-electron chi connectivity index (χ3n) is 2.16. The van der Waals surface area contributed by atoms with Crippen LogP contribution in [0.2, 0.25) is 0 Å². The molecule has 0 aliphatic heterocycles. The molecule has 1 aromatic rings. The number of nitrogens with zero attached hydrogens (tertiary/aromatic N) is 1. The maximum Gasteiger partial charge on any atom is 0.311 e. The summed E-state index contributed by atoms with van der Waals surface area (Å²) in [6.45, 7) is -0.239. The van der Waals surface area contributed by atoms with Crippen molar-refractivity contribution in [1.82, 2.24) is 4.98 Å². The minimum Gasteiger partial charge on any atom is -0.469 e. The Labute approximate surface area is 95.6 Å². The third-order valence-corrected chi connectivity index (χ3v) is 2.16. The lowest BCUT2D eigenvalue weighted by molar-refractivity contribution is -0.139. The second kappa shape index (κ2) is 5.62. The number of hydrogen-bond acceptors (Lipinski definition) is 4. The number of methoxy groups -OCH3 is 1. The van der Waals surface area contributed by atoms with Gasteiger partial charge in [-0.05, 0) is 6.07 Å². The average Bonchev–Trinajstić information content (AvgIpc) is 2.28. The van der Waals surface area contributed by atoms with E-state index in [1.165, 1.54) is 0 Å². The molecule has 0 spiro atoms. The summed E-state index contributed by atoms with van der Waals surface area (Å²) >= 11 is 0. The Hall–Kier alpha value is -1.63. The Balaban J connectivity index is 3.18. The van der Waals surface area contributed by atoms with Crippen LogP contribution in [0.25, 0.3) is 0 Å². The van der Waals surface area contributed by atoms with Gasteiger partial charge in [-0.2, -0.15) is 4.39 Å². The van der Waals surface area contributed by atoms with Crippen LogP contribution in [-0.2, 0) is 22.5 Å². The van der Waals surface area contributed by atoms with Crippen molar-refractivity contribution in [3.8, 4) is 0 Å². The molecule has 0 bridgehead atoms. The van der Waals surface area contributed by atoms with Gasteiger partial charge in [-0.1, -0.05) is 0 Å². The summed E-state index contributed by atoms with van der Waals surface area (Å²) in [6.07, 6.45) is -3.36. The Morgan fingerprint density at radius 1 is 1.59 bits per heavy atom. The van der Waals surface area contributed by atoms with E-state index in [2.05, 4.69) is 9.72 Å². The van der Waals surface area contributed by atoms with E-state index in [1.54, 1.807) is 0 Å². The van der Waals surface area contributed by atoms with E-state index >= 15 is 0 Å². The van der Waals surface area contributed by atoms with Gasteiger partial charge >= 0.3 is 5.97 Å². The molecule has 94 valence electrons. The number of pyridine rings is 1. The smallest absolute Gasteiger partial charge is 0.311 e. The highest BCUT2D eigenvalue weighted by Crippen LogP contribution is 2.24. The van der Waals surface area contributed by atoms with E-state index < -0.39 is 30.3 Å². The fourth-order valence-electron chi connectivity index (χ4n) is 1.27. The first-order chi connectivity index (χ1) is 7.99. The van der Waals surface area contributed by atoms with Crippen LogP contribution in [-0.4, -0.2) is 18.1 Å². The average molecular weight is 248 g/mol. The van der Waals surface area contributed by atoms with Gasteiger partial charge in [-0.15, -0.1) is 0 Å². The molecule has 7 heteroatoms. The van der Waals surface area contributed by atoms with Gasteiger partial charge in [0.25, 0.3) is 6.43 Å². The quantitative estimate of drug-likeness (QED) is 0.645. The molecule has 0 aromatic carbocycles. The van der Waals surface area contributed by atoms with Gasteiger partial charge in [0.2, 0.25) is 5.95 Å². The van der Waals surface area contributed by atoms with Gasteiger partial charge in [0.05, 0.1) is 19.2 Å². The van der Waals surface area contributed by atoms with Crippen molar-refractivity contribution < 1.29 is 22.7 Å². The number of ether oxygens (including phenoxy) is 1. The lowest BCUT2D eigenvalue weighted by Gasteiger charge is -2.09. The Kier molecular flexibility index (Phi) is 4.45. The SMILES string of the molecule is COC(=O)Cc1nc(F)c(CN)cc1C(F)F. The Morgan fingerprint density at radius 3 is 2.71 bits per heavy atom. The Morgan fingerprint density at radius 2 is 2.24 bits per heavy atom. The molecule has 2 N–H and O–H groups in total. The molecular weight excluding hydrogens is 237 g/mol. The standard InChI is InChI=1S/C10H11F3N2O2/c1-17-8(16)3-7-6(9(11)12)2-5(4-14)10(13)15-7/h2,9H,3-4,14H2,1H3. The van der Waals surface area contributed by atoms with E-state index in [9.17, 15) is 18.0 Å². The summed E-state index contributed by atoms with van der Waals surface area (Å²) in [7, 11) is 1.11. The number of rotatable bonds is 4. The molecular formula is C10H11F3N2O2. The summed E-state index contributed by atoms with van der Waals surface area (Å²) in [5.74, 6) is -1.71. The van der Waals surface area contributed by atoms with Gasteiger partial charge in [0.15, 0.2) is 0 Å². The number of carbonyl (C=O) groups is 1. The Bertz CT molecular complexity index is 424. The van der Waals surface area contributed by atoms with Gasteiger partial charge in [0, 0.05) is 17.7 Å². The first-order valence-corrected chi connectivity index (χ1v) is 4.72. The lowest BCUT2D eigenvalue weighted by atomic mass is 10.1. The molecule has 0 aliphatic carbocycles. The van der Waals surface area contributed by atoms with Crippen LogP contribution in [0.4, 0.5) is 13.2 Å². The van der Waals surface area contributed by atoms with Crippen molar-refractivity contribution in [2.24, 2.45) is 5.73 Å². The number of esters is 1. The molecule has 0 atom stereocenters. The van der Waals surface area contributed by atoms with E-state index in [0.717, 1.165) is 13.2 Å². The van der Waals surface area contributed by atoms with Crippen molar-refractivity contribution in [3.05, 3.63) is 28.8 Å². The van der Waals surface area contributed by atoms with E-state index in [4.69, 9.17) is 5.73 Å². The van der Waals surface area contributed by atoms with Crippen molar-refractivity contribution >= 4 is 5.97 Å². The second-order valence-corrected chi connectivity index (χ2v) is 3.23. The van der Waals surface area contributed by atoms with Gasteiger partial charge in [-0.25, -0.2) is 13.8 Å². The normalized spacial score (nSPS) is 10.7. The van der Waals surface area contributed by atoms with E-state index in [-0.39, 0.29) is 17.8 Å². The van der Waals surface area contributed by atoms with Gasteiger partial charge < -0.3 is 10.5 Å². The minimum absolute atomic E-state index is 0.117. The fourth-order valence-corrected chi connectivity index (χ4v) is 1.27. The number of halogens is 3. The first kappa shape index (κ1) is 13.4. The van der Waals surface area contributed by atoms with Gasteiger partial charge in [-0.3, -0.25) is 4.79 Å². The molecule has 0 unspecified atom stereocenters. The fraction of sp³-hybridized carbons (Fsp3) is 0.400. The van der Waals surface area contributed by atoms with E-state index in [1.807, 2.05) is 0 Å². The number of nitrogens with two attached hydrogens (primary N) is 1. The molecule has 0 amide bonds. The molecule has 1 heterocycles. The van der Waals surface area contributed by atoms with E-state index in [0.29, 0.717) is 0 Å². The lowest BCUT2D eigenvalue weighted by Crippen LogP contribution is -2.13. The summed E-state index contributed by atoms with van der Waals surface area (Å²) < 4.78 is 42.9. The number of aromatic nitrogens is 1. The molecule has 0 radical (unpaired) electrons. The van der Waals surface area contributed by atoms with Crippen LogP contribution in [0.5, 0.6) is 0 Å². The molecule has 1 aromatic heterocycles. The van der Waals surface area contributed by atoms with Crippen LogP contribution in [0.3, 0.4) is 0 Å². The highest BCUT2D eigenvalue weighted by Gasteiger charge is 2.20. The molecule has 1 rings (SSSR count). The maximum absolute atomic E-state index is 13.3. The molecule has 4 nitrogen and oxygen atoms in total. The number of hydrogen-bond donors (Lipinski definition) is 1. The number of carbonyl (C=O) groups excluding carboxylic acids is 1. The van der Waals surface area contributed by atoms with Crippen LogP contribution in [0, 0.1) is 5.95 Å². The largest absolute Gasteiger partial charge is 0.469 e. The van der Waals surface area contributed by atoms with Crippen molar-refractivity contribution in [3.63, 3.8) is 0 Å². The molecule has 0 saturated heterocycles. The zero-order valence-corrected chi connectivity index (χ0v) is 9.04. The molecule has 17 heavy (non-hydrogen) atoms. The van der Waals surface area contributed by atoms with Crippen LogP contribution in [0.15, 0.2) is 6.07 Å². The maximum atomic E-state index is 13.3. The monoisotopic (exact) mass is 248 g/mol. The minimum atomic E-state index is -2.85. The predicted octanol–water partition coefficient (Wildman–Crippen LogP) is 1.33. The third kappa shape index (κ3) is 3.16. The van der Waals surface area contributed by atoms with Crippen molar-refractivity contribution in [1.29, 1.82) is 0 Å². The van der Waals surface area contributed by atoms with Crippen LogP contribution >= 0.6 is 0 Å². The summed E-state index contributed by atoms with van der Waals surface area (Å²) in [6, 6.07) is 0.922. The van der Waals surface area contributed by atoms with Crippen molar-refractivity contribution in [2.45, 2.75) is 19.4 Å². The molecule has 0 saturated carbocycles. The number of alkyl halides is 2. The summed E-state index contributed by atoms with van der Waals surface area (Å²) in [4.78, 5) is 14.3. The highest BCUT2D eigenvalue weighted by atomic mass is 19.3. The highest BCUT2D eigenvalue weighted by molar-refractivity contribution is 5.72. The second-order valence-electron chi connectivity index (χ2n) is 3.23. The summed E-state index contributed by atoms with van der Waals surface area (Å²) in [5.41, 5.74) is 4.23. The molecule has 0 fully saturated rings. The van der Waals surface area contributed by atoms with Gasteiger partial charge in [0.1, 0.15) is 0 Å². The zero-order valence-electron chi connectivity index (χ0n) is 9.04. The predicted molar refractivity (Wildman–Crippen MR) is 52.8 cm³/mol. The first-order valence-electron chi connectivity index (χ1n) is 4.72. The molecule has 0 aliphatic rings. The van der Waals surface area contributed by atoms with Crippen LogP contribution in [0.1, 0.15) is 23.2 Å². The topological polar surface area (TPSA) is 65.2 Å². The van der Waals surface area contributed by atoms with Crippen LogP contribution < -0.4 is 5.73 Å².